The van der Waals surface area contributed by atoms with Gasteiger partial charge in [-0.1, -0.05) is 24.3 Å². The molecule has 0 aliphatic carbocycles. The second-order valence-electron chi connectivity index (χ2n) is 2.75. The van der Waals surface area contributed by atoms with E-state index in [0.29, 0.717) is 6.54 Å². The van der Waals surface area contributed by atoms with Crippen molar-refractivity contribution in [3.8, 4) is 0 Å². The molecular weight excluding hydrogens is 180 g/mol. The summed E-state index contributed by atoms with van der Waals surface area (Å²) in [5, 5.41) is 5.45. The van der Waals surface area contributed by atoms with Gasteiger partial charge in [0.15, 0.2) is 0 Å². The minimum absolute atomic E-state index is 0.628. The van der Waals surface area contributed by atoms with Crippen LogP contribution in [0.15, 0.2) is 29.3 Å². The van der Waals surface area contributed by atoms with E-state index < -0.39 is 0 Å². The van der Waals surface area contributed by atoms with Crippen molar-refractivity contribution in [2.75, 3.05) is 7.05 Å². The number of benzene rings is 1. The van der Waals surface area contributed by atoms with Crippen molar-refractivity contribution in [2.45, 2.75) is 13.1 Å². The van der Waals surface area contributed by atoms with Crippen molar-refractivity contribution in [1.29, 1.82) is 0 Å². The maximum absolute atomic E-state index is 4.49. The molecule has 0 aliphatic heterocycles. The highest BCUT2D eigenvalue weighted by Crippen LogP contribution is 2.04. The molecule has 0 aliphatic rings. The Kier molecular flexibility index (Phi) is 4.33. The molecule has 0 saturated heterocycles. The highest BCUT2D eigenvalue weighted by atomic mass is 32.1. The fraction of sp³-hybridized carbons (Fsp3) is 0.300. The zero-order valence-corrected chi connectivity index (χ0v) is 8.40. The van der Waals surface area contributed by atoms with Crippen molar-refractivity contribution in [3.63, 3.8) is 0 Å². The van der Waals surface area contributed by atoms with E-state index in [9.17, 15) is 0 Å². The standard InChI is InChI=1S/C10H12N2S/c1-11-6-9-2-4-10(5-3-9)7-12-8-13/h2-5,11H,6-7H2,1H3. The largest absolute Gasteiger partial charge is 0.316 e. The first-order chi connectivity index (χ1) is 6.36. The number of nitrogens with zero attached hydrogens (tertiary/aromatic N) is 1. The quantitative estimate of drug-likeness (QED) is 0.583. The molecule has 0 saturated carbocycles. The second kappa shape index (κ2) is 5.60. The van der Waals surface area contributed by atoms with E-state index >= 15 is 0 Å². The molecule has 3 heteroatoms. The molecule has 1 N–H and O–H groups in total. The molecule has 0 unspecified atom stereocenters. The van der Waals surface area contributed by atoms with E-state index in [1.165, 1.54) is 5.56 Å². The summed E-state index contributed by atoms with van der Waals surface area (Å²) in [4.78, 5) is 3.87. The molecule has 13 heavy (non-hydrogen) atoms. The fourth-order valence-electron chi connectivity index (χ4n) is 1.09. The number of nitrogens with one attached hydrogen (secondary N) is 1. The van der Waals surface area contributed by atoms with Crippen molar-refractivity contribution < 1.29 is 0 Å². The Hall–Kier alpha value is -1.02. The van der Waals surface area contributed by atoms with Crippen LogP contribution in [0.5, 0.6) is 0 Å². The van der Waals surface area contributed by atoms with Gasteiger partial charge in [-0.3, -0.25) is 0 Å². The van der Waals surface area contributed by atoms with Gasteiger partial charge in [0.1, 0.15) is 0 Å². The van der Waals surface area contributed by atoms with Crippen LogP contribution in [0.25, 0.3) is 0 Å². The Balaban J connectivity index is 2.63. The molecule has 0 bridgehead atoms. The van der Waals surface area contributed by atoms with Crippen molar-refractivity contribution in [3.05, 3.63) is 35.4 Å². The van der Waals surface area contributed by atoms with E-state index in [1.807, 2.05) is 7.05 Å². The summed E-state index contributed by atoms with van der Waals surface area (Å²) in [6, 6.07) is 8.29. The van der Waals surface area contributed by atoms with Gasteiger partial charge in [-0.05, 0) is 30.4 Å². The average Bonchev–Trinajstić information content (AvgIpc) is 2.17. The van der Waals surface area contributed by atoms with E-state index in [4.69, 9.17) is 0 Å². The first-order valence-electron chi connectivity index (χ1n) is 4.13. The lowest BCUT2D eigenvalue weighted by Gasteiger charge is -2.00. The molecule has 0 aromatic heterocycles. The Bertz CT molecular complexity index is 299. The Morgan fingerprint density at radius 1 is 1.31 bits per heavy atom. The highest BCUT2D eigenvalue weighted by Gasteiger charge is 1.91. The van der Waals surface area contributed by atoms with Crippen LogP contribution in [0.1, 0.15) is 11.1 Å². The lowest BCUT2D eigenvalue weighted by atomic mass is 10.1. The number of aliphatic imine (C=N–C) groups is 1. The number of isothiocyanates is 1. The molecule has 0 amide bonds. The van der Waals surface area contributed by atoms with E-state index in [1.54, 1.807) is 0 Å². The van der Waals surface area contributed by atoms with Gasteiger partial charge in [-0.25, -0.2) is 4.99 Å². The summed E-state index contributed by atoms with van der Waals surface area (Å²) in [5.74, 6) is 0. The Morgan fingerprint density at radius 3 is 2.46 bits per heavy atom. The Morgan fingerprint density at radius 2 is 1.92 bits per heavy atom. The number of hydrogen-bond donors (Lipinski definition) is 1. The van der Waals surface area contributed by atoms with E-state index in [0.717, 1.165) is 12.1 Å². The van der Waals surface area contributed by atoms with E-state index in [2.05, 4.69) is 52.0 Å². The second-order valence-corrected chi connectivity index (χ2v) is 2.94. The maximum atomic E-state index is 4.49. The monoisotopic (exact) mass is 192 g/mol. The third kappa shape index (κ3) is 3.47. The average molecular weight is 192 g/mol. The molecule has 1 rings (SSSR count). The van der Waals surface area contributed by atoms with Gasteiger partial charge >= 0.3 is 0 Å². The Labute approximate surface area is 83.7 Å². The smallest absolute Gasteiger partial charge is 0.0743 e. The molecule has 1 aromatic carbocycles. The number of rotatable bonds is 4. The van der Waals surface area contributed by atoms with Gasteiger partial charge in [-0.15, -0.1) is 0 Å². The minimum Gasteiger partial charge on any atom is -0.316 e. The zero-order valence-electron chi connectivity index (χ0n) is 7.58. The summed E-state index contributed by atoms with van der Waals surface area (Å²) in [6.07, 6.45) is 0. The van der Waals surface area contributed by atoms with Crippen molar-refractivity contribution in [2.24, 2.45) is 4.99 Å². The van der Waals surface area contributed by atoms with Crippen LogP contribution in [-0.4, -0.2) is 12.2 Å². The topological polar surface area (TPSA) is 24.4 Å². The predicted octanol–water partition coefficient (Wildman–Crippen LogP) is 2.01. The summed E-state index contributed by atoms with van der Waals surface area (Å²) >= 11 is 4.49. The van der Waals surface area contributed by atoms with Crippen LogP contribution >= 0.6 is 12.2 Å². The molecule has 2 nitrogen and oxygen atoms in total. The van der Waals surface area contributed by atoms with Gasteiger partial charge in [0.25, 0.3) is 0 Å². The first kappa shape index (κ1) is 10.1. The van der Waals surface area contributed by atoms with Gasteiger partial charge in [-0.2, -0.15) is 0 Å². The van der Waals surface area contributed by atoms with Gasteiger partial charge < -0.3 is 5.32 Å². The van der Waals surface area contributed by atoms with Crippen LogP contribution in [0.4, 0.5) is 0 Å². The van der Waals surface area contributed by atoms with Crippen LogP contribution in [0, 0.1) is 0 Å². The maximum Gasteiger partial charge on any atom is 0.0743 e. The molecular formula is C10H12N2S. The predicted molar refractivity (Wildman–Crippen MR) is 57.9 cm³/mol. The molecule has 0 fully saturated rings. The van der Waals surface area contributed by atoms with Crippen LogP contribution in [0.3, 0.4) is 0 Å². The third-order valence-electron chi connectivity index (χ3n) is 1.73. The van der Waals surface area contributed by atoms with Gasteiger partial charge in [0, 0.05) is 6.54 Å². The SMILES string of the molecule is CNCc1ccc(CN=C=S)cc1. The highest BCUT2D eigenvalue weighted by molar-refractivity contribution is 7.78. The molecule has 1 aromatic rings. The van der Waals surface area contributed by atoms with Crippen molar-refractivity contribution >= 4 is 17.4 Å². The molecule has 0 atom stereocenters. The van der Waals surface area contributed by atoms with Crippen LogP contribution in [0.2, 0.25) is 0 Å². The first-order valence-corrected chi connectivity index (χ1v) is 4.53. The fourth-order valence-corrected chi connectivity index (χ4v) is 1.15. The number of thiocarbonyl (C=S) groups is 1. The lowest BCUT2D eigenvalue weighted by molar-refractivity contribution is 0.817. The van der Waals surface area contributed by atoms with E-state index in [-0.39, 0.29) is 0 Å². The summed E-state index contributed by atoms with van der Waals surface area (Å²) in [6.45, 7) is 1.53. The molecule has 68 valence electrons. The molecule has 0 spiro atoms. The normalized spacial score (nSPS) is 9.31. The van der Waals surface area contributed by atoms with Crippen LogP contribution in [-0.2, 0) is 13.1 Å². The molecule has 0 heterocycles. The van der Waals surface area contributed by atoms with Gasteiger partial charge in [0.2, 0.25) is 0 Å². The molecule has 0 radical (unpaired) electrons. The summed E-state index contributed by atoms with van der Waals surface area (Å²) in [7, 11) is 1.93. The van der Waals surface area contributed by atoms with Crippen LogP contribution < -0.4 is 5.32 Å². The summed E-state index contributed by atoms with van der Waals surface area (Å²) in [5.41, 5.74) is 2.44. The zero-order chi connectivity index (χ0) is 9.52. The lowest BCUT2D eigenvalue weighted by Crippen LogP contribution is -2.04. The summed E-state index contributed by atoms with van der Waals surface area (Å²) < 4.78 is 0. The minimum atomic E-state index is 0.628. The van der Waals surface area contributed by atoms with Gasteiger partial charge in [0.05, 0.1) is 11.7 Å². The van der Waals surface area contributed by atoms with Crippen molar-refractivity contribution in [1.82, 2.24) is 5.32 Å². The number of hydrogen-bond acceptors (Lipinski definition) is 3. The third-order valence-corrected chi connectivity index (χ3v) is 1.86.